The van der Waals surface area contributed by atoms with Gasteiger partial charge >= 0.3 is 0 Å². The van der Waals surface area contributed by atoms with Crippen molar-refractivity contribution in [3.63, 3.8) is 0 Å². The Balaban J connectivity index is 1.49. The first kappa shape index (κ1) is 16.8. The summed E-state index contributed by atoms with van der Waals surface area (Å²) in [6, 6.07) is 9.68. The van der Waals surface area contributed by atoms with Gasteiger partial charge in [-0.25, -0.2) is 5.43 Å². The average Bonchev–Trinajstić information content (AvgIpc) is 3.31. The molecular weight excluding hydrogens is 312 g/mol. The van der Waals surface area contributed by atoms with E-state index in [0.29, 0.717) is 18.0 Å². The normalized spacial score (nSPS) is 27.2. The van der Waals surface area contributed by atoms with Gasteiger partial charge in [-0.1, -0.05) is 23.4 Å². The van der Waals surface area contributed by atoms with Crippen LogP contribution in [-0.4, -0.2) is 29.7 Å². The Morgan fingerprint density at radius 3 is 2.84 bits per heavy atom. The summed E-state index contributed by atoms with van der Waals surface area (Å²) >= 11 is 0. The zero-order valence-corrected chi connectivity index (χ0v) is 15.4. The number of hydrazine groups is 1. The van der Waals surface area contributed by atoms with Gasteiger partial charge in [0, 0.05) is 25.1 Å². The van der Waals surface area contributed by atoms with E-state index in [1.54, 1.807) is 0 Å². The van der Waals surface area contributed by atoms with E-state index in [1.807, 2.05) is 6.92 Å². The molecule has 3 heterocycles. The fourth-order valence-electron chi connectivity index (χ4n) is 4.24. The first-order chi connectivity index (χ1) is 12.1. The van der Waals surface area contributed by atoms with Gasteiger partial charge < -0.3 is 4.52 Å². The van der Waals surface area contributed by atoms with Crippen molar-refractivity contribution >= 4 is 0 Å². The van der Waals surface area contributed by atoms with E-state index in [0.717, 1.165) is 31.1 Å². The van der Waals surface area contributed by atoms with Crippen LogP contribution < -0.4 is 10.9 Å². The van der Waals surface area contributed by atoms with Crippen LogP contribution in [0, 0.1) is 26.7 Å². The van der Waals surface area contributed by atoms with E-state index in [9.17, 15) is 0 Å². The molecule has 3 unspecified atom stereocenters. The number of nitrogens with one attached hydrogen (secondary N) is 2. The molecule has 2 aliphatic rings. The number of hydrogen-bond acceptors (Lipinski definition) is 5. The molecule has 2 saturated heterocycles. The molecule has 5 nitrogen and oxygen atoms in total. The zero-order valence-electron chi connectivity index (χ0n) is 15.4. The van der Waals surface area contributed by atoms with Crippen LogP contribution in [-0.2, 0) is 0 Å². The quantitative estimate of drug-likeness (QED) is 0.895. The third kappa shape index (κ3) is 3.36. The molecule has 5 heteroatoms. The standard InChI is InChI=1S/C20H28N4O/c1-13-6-7-16(9-14(13)2)20-17(11-21-22-20)12-24-8-4-5-19(24)18-10-15(3)25-23-18/h6-7,9-10,17,19-22H,4-5,8,11-12H2,1-3H3. The van der Waals surface area contributed by atoms with Crippen molar-refractivity contribution in [2.45, 2.75) is 45.7 Å². The minimum atomic E-state index is 0.361. The molecule has 2 aliphatic heterocycles. The number of aryl methyl sites for hydroxylation is 3. The molecule has 134 valence electrons. The largest absolute Gasteiger partial charge is 0.361 e. The highest BCUT2D eigenvalue weighted by Crippen LogP contribution is 2.35. The van der Waals surface area contributed by atoms with Gasteiger partial charge in [-0.15, -0.1) is 0 Å². The molecule has 4 rings (SSSR count). The van der Waals surface area contributed by atoms with Crippen molar-refractivity contribution in [3.05, 3.63) is 52.4 Å². The molecule has 2 N–H and O–H groups in total. The molecule has 0 spiro atoms. The molecule has 0 amide bonds. The smallest absolute Gasteiger partial charge is 0.133 e. The molecular formula is C20H28N4O. The lowest BCUT2D eigenvalue weighted by atomic mass is 9.92. The summed E-state index contributed by atoms with van der Waals surface area (Å²) in [5.74, 6) is 1.45. The van der Waals surface area contributed by atoms with Crippen molar-refractivity contribution in [2.24, 2.45) is 5.92 Å². The Kier molecular flexibility index (Phi) is 4.63. The molecule has 2 fully saturated rings. The van der Waals surface area contributed by atoms with Gasteiger partial charge in [0.15, 0.2) is 0 Å². The van der Waals surface area contributed by atoms with Crippen LogP contribution in [0.3, 0.4) is 0 Å². The van der Waals surface area contributed by atoms with Crippen LogP contribution in [0.15, 0.2) is 28.8 Å². The van der Waals surface area contributed by atoms with Gasteiger partial charge in [0.25, 0.3) is 0 Å². The summed E-state index contributed by atoms with van der Waals surface area (Å²) in [6.45, 7) is 9.56. The Morgan fingerprint density at radius 1 is 1.20 bits per heavy atom. The van der Waals surface area contributed by atoms with Crippen molar-refractivity contribution in [3.8, 4) is 0 Å². The lowest BCUT2D eigenvalue weighted by Crippen LogP contribution is -2.33. The third-order valence-corrected chi connectivity index (χ3v) is 5.80. The van der Waals surface area contributed by atoms with Crippen molar-refractivity contribution in [1.29, 1.82) is 0 Å². The SMILES string of the molecule is Cc1cc(C2CCCN2CC2CNNC2c2ccc(C)c(C)c2)no1. The van der Waals surface area contributed by atoms with Gasteiger partial charge in [0.05, 0.1) is 12.1 Å². The Hall–Kier alpha value is -1.69. The Labute approximate surface area is 149 Å². The number of benzene rings is 1. The van der Waals surface area contributed by atoms with Gasteiger partial charge in [0.1, 0.15) is 11.5 Å². The molecule has 0 saturated carbocycles. The second-order valence-corrected chi connectivity index (χ2v) is 7.62. The minimum absolute atomic E-state index is 0.361. The first-order valence-electron chi connectivity index (χ1n) is 9.34. The topological polar surface area (TPSA) is 53.3 Å². The van der Waals surface area contributed by atoms with Gasteiger partial charge in [-0.2, -0.15) is 0 Å². The van der Waals surface area contributed by atoms with Gasteiger partial charge in [0.2, 0.25) is 0 Å². The Morgan fingerprint density at radius 2 is 2.08 bits per heavy atom. The van der Waals surface area contributed by atoms with E-state index >= 15 is 0 Å². The molecule has 2 aromatic rings. The van der Waals surface area contributed by atoms with Crippen LogP contribution in [0.2, 0.25) is 0 Å². The lowest BCUT2D eigenvalue weighted by Gasteiger charge is -2.28. The van der Waals surface area contributed by atoms with E-state index in [2.05, 4.69) is 59.0 Å². The van der Waals surface area contributed by atoms with Crippen LogP contribution in [0.25, 0.3) is 0 Å². The summed E-state index contributed by atoms with van der Waals surface area (Å²) in [7, 11) is 0. The maximum absolute atomic E-state index is 5.31. The highest BCUT2D eigenvalue weighted by molar-refractivity contribution is 5.32. The number of nitrogens with zero attached hydrogens (tertiary/aromatic N) is 2. The molecule has 25 heavy (non-hydrogen) atoms. The summed E-state index contributed by atoms with van der Waals surface area (Å²) in [6.07, 6.45) is 2.41. The third-order valence-electron chi connectivity index (χ3n) is 5.80. The second kappa shape index (κ2) is 6.90. The second-order valence-electron chi connectivity index (χ2n) is 7.62. The van der Waals surface area contributed by atoms with Crippen LogP contribution in [0.1, 0.15) is 53.1 Å². The number of aromatic nitrogens is 1. The Bertz CT molecular complexity index is 741. The maximum atomic E-state index is 5.31. The minimum Gasteiger partial charge on any atom is -0.361 e. The first-order valence-corrected chi connectivity index (χ1v) is 9.34. The molecule has 0 aliphatic carbocycles. The van der Waals surface area contributed by atoms with Crippen molar-refractivity contribution in [1.82, 2.24) is 20.9 Å². The van der Waals surface area contributed by atoms with Crippen LogP contribution >= 0.6 is 0 Å². The predicted molar refractivity (Wildman–Crippen MR) is 98.1 cm³/mol. The number of rotatable bonds is 4. The van der Waals surface area contributed by atoms with Crippen molar-refractivity contribution < 1.29 is 4.52 Å². The summed E-state index contributed by atoms with van der Waals surface area (Å²) in [5, 5.41) is 4.27. The summed E-state index contributed by atoms with van der Waals surface area (Å²) in [4.78, 5) is 2.59. The van der Waals surface area contributed by atoms with E-state index in [1.165, 1.54) is 29.5 Å². The number of hydrogen-bond donors (Lipinski definition) is 2. The summed E-state index contributed by atoms with van der Waals surface area (Å²) in [5.41, 5.74) is 12.1. The predicted octanol–water partition coefficient (Wildman–Crippen LogP) is 3.20. The highest BCUT2D eigenvalue weighted by atomic mass is 16.5. The van der Waals surface area contributed by atoms with Crippen LogP contribution in [0.4, 0.5) is 0 Å². The maximum Gasteiger partial charge on any atom is 0.133 e. The molecule has 3 atom stereocenters. The average molecular weight is 340 g/mol. The van der Waals surface area contributed by atoms with Crippen molar-refractivity contribution in [2.75, 3.05) is 19.6 Å². The molecule has 0 bridgehead atoms. The fourth-order valence-corrected chi connectivity index (χ4v) is 4.24. The monoisotopic (exact) mass is 340 g/mol. The number of likely N-dealkylation sites (tertiary alicyclic amines) is 1. The van der Waals surface area contributed by atoms with Gasteiger partial charge in [-0.3, -0.25) is 10.3 Å². The molecule has 1 aromatic carbocycles. The highest BCUT2D eigenvalue weighted by Gasteiger charge is 2.35. The lowest BCUT2D eigenvalue weighted by molar-refractivity contribution is 0.204. The van der Waals surface area contributed by atoms with E-state index in [4.69, 9.17) is 4.52 Å². The summed E-state index contributed by atoms with van der Waals surface area (Å²) < 4.78 is 5.31. The van der Waals surface area contributed by atoms with Gasteiger partial charge in [-0.05, 0) is 56.8 Å². The molecule has 1 aromatic heterocycles. The van der Waals surface area contributed by atoms with E-state index in [-0.39, 0.29) is 0 Å². The molecule has 0 radical (unpaired) electrons. The zero-order chi connectivity index (χ0) is 17.4. The van der Waals surface area contributed by atoms with E-state index < -0.39 is 0 Å². The fraction of sp³-hybridized carbons (Fsp3) is 0.550. The van der Waals surface area contributed by atoms with Crippen LogP contribution in [0.5, 0.6) is 0 Å².